The molecular weight excluding hydrogens is 304 g/mol. The fraction of sp³-hybridized carbons (Fsp3) is 0.250. The monoisotopic (exact) mass is 320 g/mol. The molecule has 0 fully saturated rings. The van der Waals surface area contributed by atoms with Crippen LogP contribution in [0.2, 0.25) is 0 Å². The summed E-state index contributed by atoms with van der Waals surface area (Å²) in [4.78, 5) is 0. The van der Waals surface area contributed by atoms with Gasteiger partial charge in [-0.3, -0.25) is 0 Å². The van der Waals surface area contributed by atoms with Gasteiger partial charge in [-0.05, 0) is 35.7 Å². The van der Waals surface area contributed by atoms with Crippen LogP contribution in [0, 0.1) is 6.92 Å². The van der Waals surface area contributed by atoms with Crippen LogP contribution in [0.4, 0.5) is 0 Å². The van der Waals surface area contributed by atoms with Crippen LogP contribution in [0.25, 0.3) is 0 Å². The lowest BCUT2D eigenvalue weighted by Gasteiger charge is -2.13. The van der Waals surface area contributed by atoms with Gasteiger partial charge in [0.1, 0.15) is 6.61 Å². The summed E-state index contributed by atoms with van der Waals surface area (Å²) in [6.07, 6.45) is 0. The van der Waals surface area contributed by atoms with Crippen LogP contribution in [-0.2, 0) is 11.9 Å². The molecule has 0 aromatic heterocycles. The average molecular weight is 321 g/mol. The van der Waals surface area contributed by atoms with Gasteiger partial charge in [0.15, 0.2) is 11.5 Å². The van der Waals surface area contributed by atoms with E-state index < -0.39 is 0 Å². The molecule has 0 atom stereocenters. The summed E-state index contributed by atoms with van der Waals surface area (Å²) in [5, 5.41) is 0.803. The van der Waals surface area contributed by atoms with E-state index >= 15 is 0 Å². The number of methoxy groups -OCH3 is 1. The van der Waals surface area contributed by atoms with Gasteiger partial charge < -0.3 is 9.47 Å². The second kappa shape index (κ2) is 6.62. The molecule has 0 spiro atoms. The quantitative estimate of drug-likeness (QED) is 0.756. The van der Waals surface area contributed by atoms with E-state index in [1.54, 1.807) is 7.11 Å². The van der Waals surface area contributed by atoms with Crippen molar-refractivity contribution in [2.75, 3.05) is 7.11 Å². The molecule has 0 aliphatic carbocycles. The van der Waals surface area contributed by atoms with E-state index in [-0.39, 0.29) is 0 Å². The van der Waals surface area contributed by atoms with Crippen molar-refractivity contribution in [2.24, 2.45) is 0 Å². The van der Waals surface area contributed by atoms with E-state index in [2.05, 4.69) is 35.0 Å². The Morgan fingerprint density at radius 1 is 1.05 bits per heavy atom. The SMILES string of the molecule is COc1ccc(CBr)cc1OCc1ccccc1C. The number of hydrogen-bond donors (Lipinski definition) is 0. The summed E-state index contributed by atoms with van der Waals surface area (Å²) in [6, 6.07) is 14.2. The maximum atomic E-state index is 5.89. The zero-order chi connectivity index (χ0) is 13.7. The fourth-order valence-electron chi connectivity index (χ4n) is 1.84. The lowest BCUT2D eigenvalue weighted by Crippen LogP contribution is -2.00. The number of alkyl halides is 1. The Morgan fingerprint density at radius 2 is 1.84 bits per heavy atom. The van der Waals surface area contributed by atoms with Crippen molar-refractivity contribution in [3.05, 3.63) is 59.2 Å². The second-order valence-electron chi connectivity index (χ2n) is 4.33. The molecule has 0 aliphatic rings. The number of hydrogen-bond acceptors (Lipinski definition) is 2. The highest BCUT2D eigenvalue weighted by Crippen LogP contribution is 2.29. The van der Waals surface area contributed by atoms with E-state index in [9.17, 15) is 0 Å². The van der Waals surface area contributed by atoms with Gasteiger partial charge >= 0.3 is 0 Å². The van der Waals surface area contributed by atoms with Crippen molar-refractivity contribution >= 4 is 15.9 Å². The molecule has 0 heterocycles. The minimum Gasteiger partial charge on any atom is -0.493 e. The summed E-state index contributed by atoms with van der Waals surface area (Å²) in [6.45, 7) is 2.64. The number of benzene rings is 2. The molecule has 0 N–H and O–H groups in total. The molecular formula is C16H17BrO2. The summed E-state index contributed by atoms with van der Waals surface area (Å²) in [5.41, 5.74) is 3.59. The smallest absolute Gasteiger partial charge is 0.161 e. The minimum absolute atomic E-state index is 0.550. The number of ether oxygens (including phenoxy) is 2. The first-order chi connectivity index (χ1) is 9.24. The number of aryl methyl sites for hydroxylation is 1. The summed E-state index contributed by atoms with van der Waals surface area (Å²) in [7, 11) is 1.66. The van der Waals surface area contributed by atoms with Crippen molar-refractivity contribution in [2.45, 2.75) is 18.9 Å². The van der Waals surface area contributed by atoms with Crippen molar-refractivity contribution in [1.82, 2.24) is 0 Å². The van der Waals surface area contributed by atoms with Crippen LogP contribution in [0.1, 0.15) is 16.7 Å². The van der Waals surface area contributed by atoms with Gasteiger partial charge in [0.05, 0.1) is 7.11 Å². The minimum atomic E-state index is 0.550. The zero-order valence-electron chi connectivity index (χ0n) is 11.2. The standard InChI is InChI=1S/C16H17BrO2/c1-12-5-3-4-6-14(12)11-19-16-9-13(10-17)7-8-15(16)18-2/h3-9H,10-11H2,1-2H3. The lowest BCUT2D eigenvalue weighted by molar-refractivity contribution is 0.283. The molecule has 3 heteroatoms. The van der Waals surface area contributed by atoms with E-state index in [1.165, 1.54) is 16.7 Å². The highest BCUT2D eigenvalue weighted by atomic mass is 79.9. The molecule has 0 saturated heterocycles. The van der Waals surface area contributed by atoms with Gasteiger partial charge in [-0.15, -0.1) is 0 Å². The van der Waals surface area contributed by atoms with Crippen molar-refractivity contribution < 1.29 is 9.47 Å². The zero-order valence-corrected chi connectivity index (χ0v) is 12.7. The van der Waals surface area contributed by atoms with Crippen LogP contribution in [0.15, 0.2) is 42.5 Å². The first-order valence-corrected chi connectivity index (χ1v) is 7.27. The van der Waals surface area contributed by atoms with Gasteiger partial charge in [0.25, 0.3) is 0 Å². The van der Waals surface area contributed by atoms with E-state index in [4.69, 9.17) is 9.47 Å². The third-order valence-corrected chi connectivity index (χ3v) is 3.67. The average Bonchev–Trinajstić information content (AvgIpc) is 2.46. The molecule has 0 radical (unpaired) electrons. The Morgan fingerprint density at radius 3 is 2.53 bits per heavy atom. The van der Waals surface area contributed by atoms with E-state index in [0.29, 0.717) is 6.61 Å². The second-order valence-corrected chi connectivity index (χ2v) is 4.89. The molecule has 0 saturated carbocycles. The van der Waals surface area contributed by atoms with E-state index in [1.807, 2.05) is 30.3 Å². The molecule has 2 aromatic carbocycles. The third kappa shape index (κ3) is 3.51. The van der Waals surface area contributed by atoms with Crippen molar-refractivity contribution in [1.29, 1.82) is 0 Å². The Hall–Kier alpha value is -1.48. The Kier molecular flexibility index (Phi) is 4.86. The van der Waals surface area contributed by atoms with Gasteiger partial charge in [-0.2, -0.15) is 0 Å². The maximum Gasteiger partial charge on any atom is 0.161 e. The summed E-state index contributed by atoms with van der Waals surface area (Å²) < 4.78 is 11.2. The van der Waals surface area contributed by atoms with Crippen LogP contribution in [-0.4, -0.2) is 7.11 Å². The van der Waals surface area contributed by atoms with Gasteiger partial charge in [0.2, 0.25) is 0 Å². The molecule has 19 heavy (non-hydrogen) atoms. The first-order valence-electron chi connectivity index (χ1n) is 6.14. The lowest BCUT2D eigenvalue weighted by atomic mass is 10.1. The topological polar surface area (TPSA) is 18.5 Å². The van der Waals surface area contributed by atoms with Crippen molar-refractivity contribution in [3.63, 3.8) is 0 Å². The normalized spacial score (nSPS) is 10.3. The molecule has 0 unspecified atom stereocenters. The van der Waals surface area contributed by atoms with Crippen molar-refractivity contribution in [3.8, 4) is 11.5 Å². The third-order valence-electron chi connectivity index (χ3n) is 3.03. The van der Waals surface area contributed by atoms with Gasteiger partial charge in [0, 0.05) is 5.33 Å². The highest BCUT2D eigenvalue weighted by molar-refractivity contribution is 9.08. The number of rotatable bonds is 5. The number of halogens is 1. The van der Waals surface area contributed by atoms with Crippen LogP contribution < -0.4 is 9.47 Å². The fourth-order valence-corrected chi connectivity index (χ4v) is 2.19. The Labute approximate surface area is 122 Å². The molecule has 0 aliphatic heterocycles. The van der Waals surface area contributed by atoms with Crippen LogP contribution >= 0.6 is 15.9 Å². The van der Waals surface area contributed by atoms with Crippen LogP contribution in [0.5, 0.6) is 11.5 Å². The molecule has 2 nitrogen and oxygen atoms in total. The molecule has 0 amide bonds. The molecule has 2 rings (SSSR count). The van der Waals surface area contributed by atoms with Crippen LogP contribution in [0.3, 0.4) is 0 Å². The Bertz CT molecular complexity index is 552. The predicted molar refractivity (Wildman–Crippen MR) is 81.1 cm³/mol. The van der Waals surface area contributed by atoms with Gasteiger partial charge in [-0.25, -0.2) is 0 Å². The largest absolute Gasteiger partial charge is 0.493 e. The summed E-state index contributed by atoms with van der Waals surface area (Å²) >= 11 is 3.45. The Balaban J connectivity index is 2.16. The molecule has 0 bridgehead atoms. The maximum absolute atomic E-state index is 5.89. The van der Waals surface area contributed by atoms with Gasteiger partial charge in [-0.1, -0.05) is 46.3 Å². The molecule has 100 valence electrons. The predicted octanol–water partition coefficient (Wildman–Crippen LogP) is 4.48. The van der Waals surface area contributed by atoms with E-state index in [0.717, 1.165) is 16.8 Å². The highest BCUT2D eigenvalue weighted by Gasteiger charge is 2.06. The molecule has 2 aromatic rings. The summed E-state index contributed by atoms with van der Waals surface area (Å²) in [5.74, 6) is 1.54. The first kappa shape index (κ1) is 13.9.